The van der Waals surface area contributed by atoms with E-state index in [0.29, 0.717) is 26.5 Å². The van der Waals surface area contributed by atoms with Gasteiger partial charge < -0.3 is 9.47 Å². The molecule has 1 aliphatic rings. The van der Waals surface area contributed by atoms with E-state index >= 15 is 0 Å². The number of thiazole rings is 1. The lowest BCUT2D eigenvalue weighted by molar-refractivity contribution is -0.114. The minimum absolute atomic E-state index is 0.0459. The predicted octanol–water partition coefficient (Wildman–Crippen LogP) is 4.36. The number of carbonyl (C=O) groups is 1. The molecule has 7 heteroatoms. The smallest absolute Gasteiger partial charge is 0.186 e. The van der Waals surface area contributed by atoms with E-state index in [1.54, 1.807) is 19.4 Å². The van der Waals surface area contributed by atoms with Gasteiger partial charge in [-0.25, -0.2) is 4.98 Å². The van der Waals surface area contributed by atoms with Crippen molar-refractivity contribution in [2.45, 2.75) is 25.9 Å². The van der Waals surface area contributed by atoms with Gasteiger partial charge in [0.1, 0.15) is 10.9 Å². The van der Waals surface area contributed by atoms with Gasteiger partial charge in [0, 0.05) is 11.6 Å². The van der Waals surface area contributed by atoms with Crippen molar-refractivity contribution in [1.29, 1.82) is 5.41 Å². The number of thioether (sulfide) groups is 1. The van der Waals surface area contributed by atoms with E-state index in [0.717, 1.165) is 5.56 Å². The molecule has 2 heterocycles. The van der Waals surface area contributed by atoms with Crippen LogP contribution in [0.15, 0.2) is 34.7 Å². The minimum Gasteiger partial charge on any atom is -0.493 e. The predicted molar refractivity (Wildman–Crippen MR) is 102 cm³/mol. The van der Waals surface area contributed by atoms with Crippen LogP contribution in [-0.4, -0.2) is 29.0 Å². The molecule has 2 aromatic rings. The third-order valence-corrected chi connectivity index (χ3v) is 5.37. The maximum Gasteiger partial charge on any atom is 0.186 e. The van der Waals surface area contributed by atoms with Crippen molar-refractivity contribution in [3.8, 4) is 11.5 Å². The van der Waals surface area contributed by atoms with Crippen LogP contribution in [0.5, 0.6) is 11.5 Å². The normalized spacial score (nSPS) is 19.0. The SMILES string of the molecule is COc1cc(/C=C2\SC(=N)[C@H](c3nccs3)C2=O)ccc1OC(C)C. The number of carbonyl (C=O) groups excluding carboxylic acids is 1. The summed E-state index contributed by atoms with van der Waals surface area (Å²) in [6.45, 7) is 3.90. The Hall–Kier alpha value is -2.12. The molecule has 0 amide bonds. The quantitative estimate of drug-likeness (QED) is 0.788. The van der Waals surface area contributed by atoms with E-state index in [1.165, 1.54) is 23.1 Å². The molecule has 1 saturated heterocycles. The summed E-state index contributed by atoms with van der Waals surface area (Å²) < 4.78 is 11.1. The van der Waals surface area contributed by atoms with Gasteiger partial charge in [-0.3, -0.25) is 10.2 Å². The van der Waals surface area contributed by atoms with E-state index < -0.39 is 5.92 Å². The van der Waals surface area contributed by atoms with Crippen LogP contribution in [-0.2, 0) is 4.79 Å². The van der Waals surface area contributed by atoms with Gasteiger partial charge in [0.15, 0.2) is 17.3 Å². The number of benzene rings is 1. The summed E-state index contributed by atoms with van der Waals surface area (Å²) in [4.78, 5) is 17.4. The molecule has 1 N–H and O–H groups in total. The molecule has 5 nitrogen and oxygen atoms in total. The average molecular weight is 374 g/mol. The maximum atomic E-state index is 12.7. The lowest BCUT2D eigenvalue weighted by atomic mass is 10.0. The van der Waals surface area contributed by atoms with Gasteiger partial charge in [-0.1, -0.05) is 17.8 Å². The fraction of sp³-hybridized carbons (Fsp3) is 0.278. The van der Waals surface area contributed by atoms with E-state index in [-0.39, 0.29) is 11.9 Å². The maximum absolute atomic E-state index is 12.7. The second-order valence-electron chi connectivity index (χ2n) is 5.72. The topological polar surface area (TPSA) is 72.3 Å². The van der Waals surface area contributed by atoms with Crippen LogP contribution in [0.4, 0.5) is 0 Å². The first-order chi connectivity index (χ1) is 12.0. The van der Waals surface area contributed by atoms with Crippen LogP contribution in [0.1, 0.15) is 30.3 Å². The summed E-state index contributed by atoms with van der Waals surface area (Å²) in [5.41, 5.74) is 0.830. The van der Waals surface area contributed by atoms with Crippen molar-refractivity contribution in [2.75, 3.05) is 7.11 Å². The highest BCUT2D eigenvalue weighted by Crippen LogP contribution is 2.41. The van der Waals surface area contributed by atoms with Gasteiger partial charge in [0.25, 0.3) is 0 Å². The number of nitrogens with zero attached hydrogens (tertiary/aromatic N) is 1. The molecule has 0 radical (unpaired) electrons. The first-order valence-electron chi connectivity index (χ1n) is 7.76. The lowest BCUT2D eigenvalue weighted by Gasteiger charge is -2.13. The minimum atomic E-state index is -0.568. The van der Waals surface area contributed by atoms with Crippen molar-refractivity contribution in [3.63, 3.8) is 0 Å². The molecule has 1 atom stereocenters. The molecule has 0 bridgehead atoms. The summed E-state index contributed by atoms with van der Waals surface area (Å²) in [5, 5.41) is 10.9. The van der Waals surface area contributed by atoms with Crippen molar-refractivity contribution in [3.05, 3.63) is 45.3 Å². The summed E-state index contributed by atoms with van der Waals surface area (Å²) in [6, 6.07) is 5.54. The van der Waals surface area contributed by atoms with Gasteiger partial charge in [-0.05, 0) is 37.6 Å². The third kappa shape index (κ3) is 3.77. The second-order valence-corrected chi connectivity index (χ2v) is 7.73. The van der Waals surface area contributed by atoms with Crippen molar-refractivity contribution in [1.82, 2.24) is 4.98 Å². The van der Waals surface area contributed by atoms with E-state index in [9.17, 15) is 4.79 Å². The number of hydrogen-bond donors (Lipinski definition) is 1. The standard InChI is InChI=1S/C18H18N2O3S2/c1-10(2)23-12-5-4-11(8-13(12)22-3)9-14-16(21)15(17(19)25-14)18-20-6-7-24-18/h4-10,15,19H,1-3H3/b14-9-,19-17?/t15-/m1/s1. The van der Waals surface area contributed by atoms with Crippen LogP contribution in [0, 0.1) is 5.41 Å². The van der Waals surface area contributed by atoms with Crippen molar-refractivity contribution >= 4 is 40.0 Å². The van der Waals surface area contributed by atoms with Crippen LogP contribution >= 0.6 is 23.1 Å². The molecule has 1 fully saturated rings. The van der Waals surface area contributed by atoms with Crippen LogP contribution in [0.25, 0.3) is 6.08 Å². The summed E-state index contributed by atoms with van der Waals surface area (Å²) in [7, 11) is 1.59. The van der Waals surface area contributed by atoms with Gasteiger partial charge in [-0.15, -0.1) is 11.3 Å². The number of ketones is 1. The molecule has 130 valence electrons. The highest BCUT2D eigenvalue weighted by atomic mass is 32.2. The highest BCUT2D eigenvalue weighted by molar-refractivity contribution is 8.19. The fourth-order valence-electron chi connectivity index (χ4n) is 2.47. The van der Waals surface area contributed by atoms with Crippen LogP contribution in [0.3, 0.4) is 0 Å². The first kappa shape index (κ1) is 17.7. The van der Waals surface area contributed by atoms with Gasteiger partial charge in [-0.2, -0.15) is 0 Å². The Morgan fingerprint density at radius 1 is 1.32 bits per heavy atom. The molecule has 0 aliphatic carbocycles. The molecule has 1 aliphatic heterocycles. The lowest BCUT2D eigenvalue weighted by Crippen LogP contribution is -2.11. The average Bonchev–Trinajstić information content (AvgIpc) is 3.17. The second kappa shape index (κ2) is 7.41. The molecule has 0 spiro atoms. The number of rotatable bonds is 5. The molecule has 0 saturated carbocycles. The van der Waals surface area contributed by atoms with Crippen molar-refractivity contribution in [2.24, 2.45) is 0 Å². The molecule has 3 rings (SSSR count). The zero-order chi connectivity index (χ0) is 18.0. The van der Waals surface area contributed by atoms with E-state index in [1.807, 2.05) is 37.4 Å². The van der Waals surface area contributed by atoms with Crippen molar-refractivity contribution < 1.29 is 14.3 Å². The third-order valence-electron chi connectivity index (χ3n) is 3.53. The fourth-order valence-corrected chi connectivity index (χ4v) is 4.27. The number of hydrogen-bond acceptors (Lipinski definition) is 7. The Labute approximate surface area is 154 Å². The molecule has 0 unspecified atom stereocenters. The largest absolute Gasteiger partial charge is 0.493 e. The molecule has 25 heavy (non-hydrogen) atoms. The van der Waals surface area contributed by atoms with Gasteiger partial charge in [0.05, 0.1) is 23.2 Å². The van der Waals surface area contributed by atoms with Gasteiger partial charge in [0.2, 0.25) is 0 Å². The van der Waals surface area contributed by atoms with Crippen LogP contribution < -0.4 is 9.47 Å². The van der Waals surface area contributed by atoms with E-state index in [4.69, 9.17) is 14.9 Å². The number of Topliss-reactive ketones (excluding diaryl/α,β-unsaturated/α-hetero) is 1. The molecular weight excluding hydrogens is 356 g/mol. The Morgan fingerprint density at radius 2 is 2.12 bits per heavy atom. The Kier molecular flexibility index (Phi) is 5.24. The molecule has 1 aromatic carbocycles. The number of aromatic nitrogens is 1. The highest BCUT2D eigenvalue weighted by Gasteiger charge is 2.38. The Balaban J connectivity index is 1.88. The van der Waals surface area contributed by atoms with Crippen LogP contribution in [0.2, 0.25) is 0 Å². The molecular formula is C18H18N2O3S2. The zero-order valence-corrected chi connectivity index (χ0v) is 15.7. The van der Waals surface area contributed by atoms with Gasteiger partial charge >= 0.3 is 0 Å². The van der Waals surface area contributed by atoms with E-state index in [2.05, 4.69) is 4.98 Å². The summed E-state index contributed by atoms with van der Waals surface area (Å²) in [5.74, 6) is 0.636. The number of ether oxygens (including phenoxy) is 2. The first-order valence-corrected chi connectivity index (χ1v) is 9.45. The Morgan fingerprint density at radius 3 is 2.76 bits per heavy atom. The summed E-state index contributed by atoms with van der Waals surface area (Å²) in [6.07, 6.45) is 3.49. The Bertz CT molecular complexity index is 829. The number of allylic oxidation sites excluding steroid dienone is 1. The summed E-state index contributed by atoms with van der Waals surface area (Å²) >= 11 is 2.59. The monoisotopic (exact) mass is 374 g/mol. The zero-order valence-electron chi connectivity index (χ0n) is 14.1. The number of methoxy groups -OCH3 is 1. The molecule has 1 aromatic heterocycles. The number of nitrogens with one attached hydrogen (secondary N) is 1.